The standard InChI is InChI=1S/C11H22N6O2S/c1-3-17(4-2)7-5-6-15-20(18,19)10-8-13-11(16-12)14-9-10/h8-9,15H,3-7,12H2,1-2H3,(H,13,14,16). The lowest BCUT2D eigenvalue weighted by atomic mass is 10.4. The number of hydrogen-bond donors (Lipinski definition) is 3. The summed E-state index contributed by atoms with van der Waals surface area (Å²) in [7, 11) is -3.56. The maximum absolute atomic E-state index is 12.0. The van der Waals surface area contributed by atoms with Gasteiger partial charge in [-0.1, -0.05) is 13.8 Å². The highest BCUT2D eigenvalue weighted by Gasteiger charge is 2.14. The van der Waals surface area contributed by atoms with Crippen molar-refractivity contribution in [2.45, 2.75) is 25.2 Å². The van der Waals surface area contributed by atoms with E-state index in [0.717, 1.165) is 26.1 Å². The highest BCUT2D eigenvalue weighted by atomic mass is 32.2. The van der Waals surface area contributed by atoms with Gasteiger partial charge in [-0.05, 0) is 26.1 Å². The van der Waals surface area contributed by atoms with Crippen molar-refractivity contribution in [1.82, 2.24) is 19.6 Å². The number of nitrogens with one attached hydrogen (secondary N) is 2. The van der Waals surface area contributed by atoms with Crippen LogP contribution in [0.2, 0.25) is 0 Å². The number of nitrogens with two attached hydrogens (primary N) is 1. The van der Waals surface area contributed by atoms with E-state index in [-0.39, 0.29) is 10.8 Å². The Morgan fingerprint density at radius 2 is 1.85 bits per heavy atom. The molecule has 1 aromatic heterocycles. The average Bonchev–Trinajstić information content (AvgIpc) is 2.47. The van der Waals surface area contributed by atoms with Gasteiger partial charge in [-0.15, -0.1) is 0 Å². The van der Waals surface area contributed by atoms with Gasteiger partial charge in [-0.25, -0.2) is 29.0 Å². The van der Waals surface area contributed by atoms with Crippen molar-refractivity contribution in [2.75, 3.05) is 31.6 Å². The number of rotatable bonds is 9. The lowest BCUT2D eigenvalue weighted by molar-refractivity contribution is 0.300. The zero-order valence-corrected chi connectivity index (χ0v) is 12.7. The smallest absolute Gasteiger partial charge is 0.243 e. The second kappa shape index (κ2) is 8.10. The summed E-state index contributed by atoms with van der Waals surface area (Å²) in [5, 5.41) is 0. The first-order chi connectivity index (χ1) is 9.53. The molecule has 0 aliphatic rings. The van der Waals surface area contributed by atoms with Crippen LogP contribution in [-0.4, -0.2) is 49.5 Å². The van der Waals surface area contributed by atoms with E-state index in [0.29, 0.717) is 6.54 Å². The van der Waals surface area contributed by atoms with Gasteiger partial charge in [0.05, 0.1) is 12.4 Å². The molecule has 1 aromatic rings. The third kappa shape index (κ3) is 5.00. The van der Waals surface area contributed by atoms with E-state index in [9.17, 15) is 8.42 Å². The predicted molar refractivity (Wildman–Crippen MR) is 77.4 cm³/mol. The minimum atomic E-state index is -3.56. The lowest BCUT2D eigenvalue weighted by Gasteiger charge is -2.17. The molecule has 0 aliphatic heterocycles. The van der Waals surface area contributed by atoms with Gasteiger partial charge in [0, 0.05) is 6.54 Å². The van der Waals surface area contributed by atoms with Gasteiger partial charge < -0.3 is 4.90 Å². The summed E-state index contributed by atoms with van der Waals surface area (Å²) in [5.74, 6) is 5.29. The van der Waals surface area contributed by atoms with Crippen molar-refractivity contribution in [1.29, 1.82) is 0 Å². The average molecular weight is 302 g/mol. The molecular formula is C11H22N6O2S. The summed E-state index contributed by atoms with van der Waals surface area (Å²) in [6, 6.07) is 0. The highest BCUT2D eigenvalue weighted by molar-refractivity contribution is 7.89. The van der Waals surface area contributed by atoms with Gasteiger partial charge >= 0.3 is 0 Å². The first-order valence-corrected chi connectivity index (χ1v) is 8.02. The van der Waals surface area contributed by atoms with Crippen molar-refractivity contribution in [2.24, 2.45) is 5.84 Å². The lowest BCUT2D eigenvalue weighted by Crippen LogP contribution is -2.30. The molecule has 8 nitrogen and oxygen atoms in total. The molecule has 0 aromatic carbocycles. The van der Waals surface area contributed by atoms with Crippen LogP contribution in [0.3, 0.4) is 0 Å². The number of hydrazine groups is 1. The molecule has 9 heteroatoms. The van der Waals surface area contributed by atoms with Crippen LogP contribution in [0.1, 0.15) is 20.3 Å². The van der Waals surface area contributed by atoms with Gasteiger partial charge in [-0.3, -0.25) is 5.43 Å². The highest BCUT2D eigenvalue weighted by Crippen LogP contribution is 2.06. The van der Waals surface area contributed by atoms with Crippen molar-refractivity contribution < 1.29 is 8.42 Å². The minimum absolute atomic E-state index is 0.0272. The van der Waals surface area contributed by atoms with E-state index < -0.39 is 10.0 Å². The van der Waals surface area contributed by atoms with E-state index in [1.165, 1.54) is 12.4 Å². The molecule has 0 saturated carbocycles. The maximum atomic E-state index is 12.0. The van der Waals surface area contributed by atoms with Crippen molar-refractivity contribution in [3.05, 3.63) is 12.4 Å². The number of nitrogens with zero attached hydrogens (tertiary/aromatic N) is 3. The van der Waals surface area contributed by atoms with Gasteiger partial charge in [0.15, 0.2) is 0 Å². The minimum Gasteiger partial charge on any atom is -0.304 e. The third-order valence-corrected chi connectivity index (χ3v) is 4.32. The Bertz CT molecular complexity index is 486. The number of nitrogen functional groups attached to an aromatic ring is 1. The number of sulfonamides is 1. The summed E-state index contributed by atoms with van der Waals surface area (Å²) in [5.41, 5.74) is 2.24. The predicted octanol–water partition coefficient (Wildman–Crippen LogP) is -0.228. The molecule has 0 spiro atoms. The number of hydrogen-bond acceptors (Lipinski definition) is 7. The van der Waals surface area contributed by atoms with E-state index in [1.807, 2.05) is 0 Å². The Kier molecular flexibility index (Phi) is 6.79. The van der Waals surface area contributed by atoms with E-state index in [4.69, 9.17) is 5.84 Å². The fraction of sp³-hybridized carbons (Fsp3) is 0.636. The number of aromatic nitrogens is 2. The molecule has 0 fully saturated rings. The van der Waals surface area contributed by atoms with Gasteiger partial charge in [0.2, 0.25) is 16.0 Å². The molecule has 0 aliphatic carbocycles. The largest absolute Gasteiger partial charge is 0.304 e. The van der Waals surface area contributed by atoms with Crippen LogP contribution in [0.4, 0.5) is 5.95 Å². The van der Waals surface area contributed by atoms with Crippen LogP contribution < -0.4 is 16.0 Å². The molecule has 1 rings (SSSR count). The van der Waals surface area contributed by atoms with E-state index in [1.54, 1.807) is 0 Å². The Balaban J connectivity index is 2.48. The van der Waals surface area contributed by atoms with Crippen LogP contribution in [0.15, 0.2) is 17.3 Å². The van der Waals surface area contributed by atoms with E-state index in [2.05, 4.69) is 38.9 Å². The second-order valence-electron chi connectivity index (χ2n) is 4.16. The van der Waals surface area contributed by atoms with Gasteiger partial charge in [0.1, 0.15) is 4.90 Å². The van der Waals surface area contributed by atoms with Crippen molar-refractivity contribution in [3.8, 4) is 0 Å². The molecule has 4 N–H and O–H groups in total. The normalized spacial score (nSPS) is 11.8. The molecule has 0 amide bonds. The second-order valence-corrected chi connectivity index (χ2v) is 5.93. The molecule has 1 heterocycles. The van der Waals surface area contributed by atoms with Crippen LogP contribution in [0.25, 0.3) is 0 Å². The summed E-state index contributed by atoms with van der Waals surface area (Å²) < 4.78 is 26.4. The van der Waals surface area contributed by atoms with Gasteiger partial charge in [-0.2, -0.15) is 0 Å². The van der Waals surface area contributed by atoms with Crippen LogP contribution in [-0.2, 0) is 10.0 Å². The number of anilines is 1. The Morgan fingerprint density at radius 3 is 2.35 bits per heavy atom. The van der Waals surface area contributed by atoms with E-state index >= 15 is 0 Å². The quantitative estimate of drug-likeness (QED) is 0.328. The first-order valence-electron chi connectivity index (χ1n) is 6.54. The van der Waals surface area contributed by atoms with Crippen molar-refractivity contribution in [3.63, 3.8) is 0 Å². The molecular weight excluding hydrogens is 280 g/mol. The van der Waals surface area contributed by atoms with Crippen molar-refractivity contribution >= 4 is 16.0 Å². The van der Waals surface area contributed by atoms with Crippen LogP contribution in [0, 0.1) is 0 Å². The molecule has 114 valence electrons. The molecule has 0 atom stereocenters. The monoisotopic (exact) mass is 302 g/mol. The molecule has 0 saturated heterocycles. The fourth-order valence-electron chi connectivity index (χ4n) is 1.66. The maximum Gasteiger partial charge on any atom is 0.243 e. The Morgan fingerprint density at radius 1 is 1.25 bits per heavy atom. The molecule has 0 radical (unpaired) electrons. The molecule has 0 bridgehead atoms. The Hall–Kier alpha value is -1.29. The zero-order chi connectivity index (χ0) is 15.0. The summed E-state index contributed by atoms with van der Waals surface area (Å²) in [4.78, 5) is 9.81. The fourth-order valence-corrected chi connectivity index (χ4v) is 2.62. The summed E-state index contributed by atoms with van der Waals surface area (Å²) in [6.07, 6.45) is 3.19. The van der Waals surface area contributed by atoms with Gasteiger partial charge in [0.25, 0.3) is 0 Å². The molecule has 0 unspecified atom stereocenters. The zero-order valence-electron chi connectivity index (χ0n) is 11.8. The topological polar surface area (TPSA) is 113 Å². The SMILES string of the molecule is CCN(CC)CCCNS(=O)(=O)c1cnc(NN)nc1. The summed E-state index contributed by atoms with van der Waals surface area (Å²) >= 11 is 0. The first kappa shape index (κ1) is 16.8. The molecule has 20 heavy (non-hydrogen) atoms. The third-order valence-electron chi connectivity index (χ3n) is 2.91. The van der Waals surface area contributed by atoms with Crippen LogP contribution >= 0.6 is 0 Å². The summed E-state index contributed by atoms with van der Waals surface area (Å²) in [6.45, 7) is 7.34. The van der Waals surface area contributed by atoms with Crippen LogP contribution in [0.5, 0.6) is 0 Å². The Labute approximate surface area is 119 Å².